The summed E-state index contributed by atoms with van der Waals surface area (Å²) >= 11 is 0. The summed E-state index contributed by atoms with van der Waals surface area (Å²) in [5, 5.41) is 0. The van der Waals surface area contributed by atoms with E-state index in [1.807, 2.05) is 0 Å². The molecule has 0 aromatic heterocycles. The Hall–Kier alpha value is -0.160. The third-order valence-corrected chi connectivity index (χ3v) is 5.70. The number of piperidine rings is 1. The van der Waals surface area contributed by atoms with Crippen LogP contribution in [0.3, 0.4) is 0 Å². The van der Waals surface area contributed by atoms with Crippen LogP contribution in [0.2, 0.25) is 0 Å². The zero-order valence-corrected chi connectivity index (χ0v) is 13.2. The van der Waals surface area contributed by atoms with Gasteiger partial charge in [0.1, 0.15) is 0 Å². The van der Waals surface area contributed by atoms with E-state index >= 15 is 0 Å². The molecule has 0 bridgehead atoms. The van der Waals surface area contributed by atoms with Crippen molar-refractivity contribution in [2.75, 3.05) is 39.3 Å². The molecular formula is C16H31N3O. The summed E-state index contributed by atoms with van der Waals surface area (Å²) < 4.78 is 5.93. The van der Waals surface area contributed by atoms with Crippen LogP contribution < -0.4 is 5.73 Å². The molecule has 20 heavy (non-hydrogen) atoms. The molecule has 4 heteroatoms. The molecule has 0 aliphatic carbocycles. The van der Waals surface area contributed by atoms with Gasteiger partial charge in [0.15, 0.2) is 0 Å². The van der Waals surface area contributed by atoms with Gasteiger partial charge in [-0.3, -0.25) is 9.80 Å². The van der Waals surface area contributed by atoms with E-state index in [0.29, 0.717) is 0 Å². The highest BCUT2D eigenvalue weighted by Crippen LogP contribution is 2.37. The molecular weight excluding hydrogens is 250 g/mol. The molecule has 0 aromatic rings. The molecule has 116 valence electrons. The molecule has 0 saturated carbocycles. The first-order valence-corrected chi connectivity index (χ1v) is 8.38. The van der Waals surface area contributed by atoms with E-state index in [-0.39, 0.29) is 11.1 Å². The Balaban J connectivity index is 1.72. The number of nitrogens with zero attached hydrogens (tertiary/aromatic N) is 2. The molecule has 0 amide bonds. The Kier molecular flexibility index (Phi) is 4.10. The zero-order chi connectivity index (χ0) is 14.2. The van der Waals surface area contributed by atoms with E-state index in [9.17, 15) is 0 Å². The minimum Gasteiger partial charge on any atom is -0.375 e. The number of ether oxygens (including phenoxy) is 1. The van der Waals surface area contributed by atoms with Crippen molar-refractivity contribution in [3.05, 3.63) is 0 Å². The summed E-state index contributed by atoms with van der Waals surface area (Å²) in [6, 6.07) is 0.770. The molecule has 3 saturated heterocycles. The van der Waals surface area contributed by atoms with Crippen LogP contribution in [-0.2, 0) is 4.74 Å². The molecule has 2 N–H and O–H groups in total. The molecule has 3 aliphatic heterocycles. The summed E-state index contributed by atoms with van der Waals surface area (Å²) in [7, 11) is 0. The number of hydrogen-bond acceptors (Lipinski definition) is 4. The number of fused-ring (bicyclic) bond motifs is 1. The molecule has 4 nitrogen and oxygen atoms in total. The number of rotatable bonds is 2. The normalized spacial score (nSPS) is 39.5. The first-order valence-electron chi connectivity index (χ1n) is 8.38. The molecule has 0 radical (unpaired) electrons. The van der Waals surface area contributed by atoms with Crippen molar-refractivity contribution in [2.45, 2.75) is 63.1 Å². The molecule has 0 aromatic carbocycles. The number of nitrogens with two attached hydrogens (primary N) is 1. The predicted octanol–water partition coefficient (Wildman–Crippen LogP) is 1.44. The molecule has 2 unspecified atom stereocenters. The average Bonchev–Trinajstić information content (AvgIpc) is 2.45. The van der Waals surface area contributed by atoms with E-state index in [1.165, 1.54) is 45.4 Å². The summed E-state index contributed by atoms with van der Waals surface area (Å²) in [5.41, 5.74) is 6.39. The van der Waals surface area contributed by atoms with Crippen molar-refractivity contribution >= 4 is 0 Å². The maximum absolute atomic E-state index is 6.25. The second-order valence-corrected chi connectivity index (χ2v) is 7.59. The fourth-order valence-corrected chi connectivity index (χ4v) is 4.61. The highest BCUT2D eigenvalue weighted by Gasteiger charge is 2.46. The standard InChI is InChI=1S/C16H31N3O/c1-15(2)12-16(13-17,6-10-20-15)19-9-8-18-7-4-3-5-14(18)11-19/h14H,3-13,17H2,1-2H3. The van der Waals surface area contributed by atoms with Crippen molar-refractivity contribution in [1.82, 2.24) is 9.80 Å². The third kappa shape index (κ3) is 2.76. The monoisotopic (exact) mass is 281 g/mol. The van der Waals surface area contributed by atoms with Gasteiger partial charge in [-0.05, 0) is 46.1 Å². The highest BCUT2D eigenvalue weighted by atomic mass is 16.5. The lowest BCUT2D eigenvalue weighted by Gasteiger charge is -2.55. The van der Waals surface area contributed by atoms with E-state index in [4.69, 9.17) is 10.5 Å². The van der Waals surface area contributed by atoms with Gasteiger partial charge in [0.05, 0.1) is 5.60 Å². The molecule has 3 aliphatic rings. The van der Waals surface area contributed by atoms with Gasteiger partial charge in [-0.25, -0.2) is 0 Å². The van der Waals surface area contributed by atoms with E-state index in [2.05, 4.69) is 23.6 Å². The van der Waals surface area contributed by atoms with Crippen LogP contribution in [0.1, 0.15) is 46.0 Å². The van der Waals surface area contributed by atoms with E-state index in [0.717, 1.165) is 32.0 Å². The summed E-state index contributed by atoms with van der Waals surface area (Å²) in [6.07, 6.45) is 6.33. The van der Waals surface area contributed by atoms with Gasteiger partial charge in [0, 0.05) is 44.4 Å². The summed E-state index contributed by atoms with van der Waals surface area (Å²) in [5.74, 6) is 0. The Labute approximate surface area is 123 Å². The van der Waals surface area contributed by atoms with E-state index in [1.54, 1.807) is 0 Å². The predicted molar refractivity (Wildman–Crippen MR) is 81.8 cm³/mol. The van der Waals surface area contributed by atoms with Crippen LogP contribution in [-0.4, -0.2) is 66.3 Å². The lowest BCUT2D eigenvalue weighted by Crippen LogP contribution is -2.67. The van der Waals surface area contributed by atoms with Gasteiger partial charge in [0.2, 0.25) is 0 Å². The largest absolute Gasteiger partial charge is 0.375 e. The Morgan fingerprint density at radius 1 is 1.20 bits per heavy atom. The summed E-state index contributed by atoms with van der Waals surface area (Å²) in [4.78, 5) is 5.42. The smallest absolute Gasteiger partial charge is 0.0644 e. The van der Waals surface area contributed by atoms with Gasteiger partial charge in [-0.1, -0.05) is 6.42 Å². The maximum atomic E-state index is 6.25. The molecule has 3 heterocycles. The minimum atomic E-state index is -0.0265. The Bertz CT molecular complexity index is 347. The summed E-state index contributed by atoms with van der Waals surface area (Å²) in [6.45, 7) is 11.0. The zero-order valence-electron chi connectivity index (χ0n) is 13.2. The van der Waals surface area contributed by atoms with E-state index < -0.39 is 0 Å². The van der Waals surface area contributed by atoms with Crippen LogP contribution in [0, 0.1) is 0 Å². The number of piperazine rings is 1. The SMILES string of the molecule is CC1(C)CC(CN)(N2CCN3CCCCC3C2)CCO1. The van der Waals surface area contributed by atoms with Crippen LogP contribution in [0.25, 0.3) is 0 Å². The molecule has 0 spiro atoms. The van der Waals surface area contributed by atoms with Gasteiger partial charge >= 0.3 is 0 Å². The maximum Gasteiger partial charge on any atom is 0.0644 e. The lowest BCUT2D eigenvalue weighted by atomic mass is 9.79. The Morgan fingerprint density at radius 2 is 2.05 bits per heavy atom. The first kappa shape index (κ1) is 14.8. The van der Waals surface area contributed by atoms with Gasteiger partial charge in [0.25, 0.3) is 0 Å². The quantitative estimate of drug-likeness (QED) is 0.832. The van der Waals surface area contributed by atoms with Crippen LogP contribution in [0.5, 0.6) is 0 Å². The second-order valence-electron chi connectivity index (χ2n) is 7.59. The van der Waals surface area contributed by atoms with Crippen LogP contribution >= 0.6 is 0 Å². The van der Waals surface area contributed by atoms with Crippen molar-refractivity contribution in [3.8, 4) is 0 Å². The molecule has 2 atom stereocenters. The minimum absolute atomic E-state index is 0.0265. The van der Waals surface area contributed by atoms with Crippen LogP contribution in [0.4, 0.5) is 0 Å². The highest BCUT2D eigenvalue weighted by molar-refractivity contribution is 5.02. The topological polar surface area (TPSA) is 41.7 Å². The first-order chi connectivity index (χ1) is 9.55. The van der Waals surface area contributed by atoms with Gasteiger partial charge in [-0.15, -0.1) is 0 Å². The average molecular weight is 281 g/mol. The van der Waals surface area contributed by atoms with Crippen molar-refractivity contribution in [1.29, 1.82) is 0 Å². The second kappa shape index (κ2) is 5.56. The number of hydrogen-bond donors (Lipinski definition) is 1. The molecule has 3 fully saturated rings. The van der Waals surface area contributed by atoms with Crippen LogP contribution in [0.15, 0.2) is 0 Å². The third-order valence-electron chi connectivity index (χ3n) is 5.70. The van der Waals surface area contributed by atoms with Crippen molar-refractivity contribution in [2.24, 2.45) is 5.73 Å². The van der Waals surface area contributed by atoms with Crippen molar-refractivity contribution in [3.63, 3.8) is 0 Å². The van der Waals surface area contributed by atoms with Crippen molar-refractivity contribution < 1.29 is 4.74 Å². The Morgan fingerprint density at radius 3 is 2.80 bits per heavy atom. The fraction of sp³-hybridized carbons (Fsp3) is 1.00. The lowest BCUT2D eigenvalue weighted by molar-refractivity contribution is -0.130. The van der Waals surface area contributed by atoms with Gasteiger partial charge < -0.3 is 10.5 Å². The van der Waals surface area contributed by atoms with Gasteiger partial charge in [-0.2, -0.15) is 0 Å². The fourth-order valence-electron chi connectivity index (χ4n) is 4.61. The molecule has 3 rings (SSSR count).